The van der Waals surface area contributed by atoms with Crippen LogP contribution in [0.5, 0.6) is 0 Å². The zero-order chi connectivity index (χ0) is 20.1. The van der Waals surface area contributed by atoms with E-state index in [4.69, 9.17) is 4.74 Å². The fourth-order valence-corrected chi connectivity index (χ4v) is 9.63. The minimum absolute atomic E-state index is 0.225. The summed E-state index contributed by atoms with van der Waals surface area (Å²) in [5.41, 5.74) is 2.79. The van der Waals surface area contributed by atoms with Crippen molar-refractivity contribution < 1.29 is 9.53 Å². The van der Waals surface area contributed by atoms with Crippen LogP contribution in [0, 0.1) is 0 Å². The first kappa shape index (κ1) is 19.4. The SMILES string of the molecule is CCOC(=O)/C=C1\CCc2ccccc2C[Si]1(c1ccccc1)c1ccccc1. The third kappa shape index (κ3) is 3.83. The van der Waals surface area contributed by atoms with Crippen LogP contribution in [0.25, 0.3) is 0 Å². The Kier molecular flexibility index (Phi) is 5.77. The first-order chi connectivity index (χ1) is 14.2. The number of rotatable bonds is 4. The fourth-order valence-electron chi connectivity index (χ4n) is 4.56. The van der Waals surface area contributed by atoms with Gasteiger partial charge in [-0.15, -0.1) is 0 Å². The van der Waals surface area contributed by atoms with Crippen molar-refractivity contribution in [3.05, 3.63) is 107 Å². The van der Waals surface area contributed by atoms with Gasteiger partial charge in [-0.1, -0.05) is 90.1 Å². The Balaban J connectivity index is 1.99. The molecule has 0 saturated heterocycles. The molecule has 0 radical (unpaired) electrons. The molecule has 4 rings (SSSR count). The van der Waals surface area contributed by atoms with Gasteiger partial charge in [-0.05, 0) is 47.3 Å². The number of ether oxygens (including phenoxy) is 1. The first-order valence-corrected chi connectivity index (χ1v) is 12.5. The average molecular weight is 399 g/mol. The molecule has 0 bridgehead atoms. The number of carbonyl (C=O) groups excluding carboxylic acids is 1. The van der Waals surface area contributed by atoms with Crippen molar-refractivity contribution in [1.82, 2.24) is 0 Å². The van der Waals surface area contributed by atoms with Crippen LogP contribution < -0.4 is 10.4 Å². The van der Waals surface area contributed by atoms with E-state index in [1.54, 1.807) is 0 Å². The monoisotopic (exact) mass is 398 g/mol. The largest absolute Gasteiger partial charge is 0.463 e. The van der Waals surface area contributed by atoms with E-state index in [-0.39, 0.29) is 5.97 Å². The lowest BCUT2D eigenvalue weighted by Gasteiger charge is -2.34. The molecule has 0 aliphatic carbocycles. The van der Waals surface area contributed by atoms with Crippen LogP contribution in [0.2, 0.25) is 0 Å². The van der Waals surface area contributed by atoms with E-state index in [0.29, 0.717) is 6.61 Å². The molecule has 3 aromatic carbocycles. The van der Waals surface area contributed by atoms with Crippen LogP contribution in [0.3, 0.4) is 0 Å². The molecule has 29 heavy (non-hydrogen) atoms. The summed E-state index contributed by atoms with van der Waals surface area (Å²) < 4.78 is 5.33. The third-order valence-corrected chi connectivity index (χ3v) is 10.9. The molecular formula is C26H26O2Si. The van der Waals surface area contributed by atoms with Crippen LogP contribution in [-0.4, -0.2) is 20.7 Å². The van der Waals surface area contributed by atoms with Crippen LogP contribution in [0.4, 0.5) is 0 Å². The number of allylic oxidation sites excluding steroid dienone is 1. The normalized spacial score (nSPS) is 16.7. The fraction of sp³-hybridized carbons (Fsp3) is 0.192. The summed E-state index contributed by atoms with van der Waals surface area (Å²) in [5, 5.41) is 3.95. The molecule has 1 heterocycles. The molecule has 0 amide bonds. The quantitative estimate of drug-likeness (QED) is 0.377. The maximum atomic E-state index is 12.6. The standard InChI is InChI=1S/C26H26O2Si/c1-2-28-26(27)19-25-18-17-21-11-9-10-12-22(21)20-29(25,23-13-5-3-6-14-23)24-15-7-4-8-16-24/h3-16,19H,2,17-18,20H2,1H3/b25-19+. The molecule has 0 fully saturated rings. The molecule has 1 aliphatic heterocycles. The molecule has 2 nitrogen and oxygen atoms in total. The Labute approximate surface area is 173 Å². The third-order valence-electron chi connectivity index (χ3n) is 5.90. The summed E-state index contributed by atoms with van der Waals surface area (Å²) in [5.74, 6) is -0.225. The highest BCUT2D eigenvalue weighted by Gasteiger charge is 2.43. The van der Waals surface area contributed by atoms with Gasteiger partial charge in [0, 0.05) is 6.08 Å². The van der Waals surface area contributed by atoms with Gasteiger partial charge in [0.05, 0.1) is 6.61 Å². The average Bonchev–Trinajstić information content (AvgIpc) is 2.93. The topological polar surface area (TPSA) is 26.3 Å². The lowest BCUT2D eigenvalue weighted by Crippen LogP contribution is -2.62. The molecule has 0 N–H and O–H groups in total. The predicted molar refractivity (Wildman–Crippen MR) is 121 cm³/mol. The summed E-state index contributed by atoms with van der Waals surface area (Å²) in [4.78, 5) is 12.6. The number of fused-ring (bicyclic) bond motifs is 1. The number of carbonyl (C=O) groups is 1. The van der Waals surface area contributed by atoms with Gasteiger partial charge in [0.1, 0.15) is 8.07 Å². The minimum Gasteiger partial charge on any atom is -0.463 e. The number of esters is 1. The molecule has 3 heteroatoms. The van der Waals surface area contributed by atoms with Gasteiger partial charge < -0.3 is 4.74 Å². The van der Waals surface area contributed by atoms with Gasteiger partial charge in [0.2, 0.25) is 0 Å². The molecule has 1 aliphatic rings. The van der Waals surface area contributed by atoms with E-state index in [0.717, 1.165) is 18.9 Å². The maximum absolute atomic E-state index is 12.6. The van der Waals surface area contributed by atoms with Crippen LogP contribution in [-0.2, 0) is 22.0 Å². The molecule has 0 saturated carbocycles. The molecule has 3 aromatic rings. The zero-order valence-corrected chi connectivity index (χ0v) is 17.8. The molecule has 0 atom stereocenters. The lowest BCUT2D eigenvalue weighted by atomic mass is 10.0. The van der Waals surface area contributed by atoms with Gasteiger partial charge in [-0.3, -0.25) is 0 Å². The second-order valence-electron chi connectivity index (χ2n) is 7.50. The minimum atomic E-state index is -2.40. The Hall–Kier alpha value is -2.91. The van der Waals surface area contributed by atoms with E-state index in [9.17, 15) is 4.79 Å². The molecule has 0 aromatic heterocycles. The summed E-state index contributed by atoms with van der Waals surface area (Å²) in [6.45, 7) is 2.26. The van der Waals surface area contributed by atoms with E-state index < -0.39 is 8.07 Å². The van der Waals surface area contributed by atoms with Gasteiger partial charge in [0.25, 0.3) is 0 Å². The highest BCUT2D eigenvalue weighted by molar-refractivity contribution is 7.07. The number of hydrogen-bond donors (Lipinski definition) is 0. The van der Waals surface area contributed by atoms with Crippen LogP contribution in [0.1, 0.15) is 24.5 Å². The van der Waals surface area contributed by atoms with Gasteiger partial charge in [0.15, 0.2) is 0 Å². The molecule has 0 spiro atoms. The van der Waals surface area contributed by atoms with E-state index in [1.807, 2.05) is 13.0 Å². The van der Waals surface area contributed by atoms with Crippen molar-refractivity contribution in [2.75, 3.05) is 6.61 Å². The lowest BCUT2D eigenvalue weighted by molar-refractivity contribution is -0.137. The van der Waals surface area contributed by atoms with E-state index in [2.05, 4.69) is 84.9 Å². The smallest absolute Gasteiger partial charge is 0.330 e. The number of benzene rings is 3. The van der Waals surface area contributed by atoms with Crippen LogP contribution >= 0.6 is 0 Å². The number of aryl methyl sites for hydroxylation is 1. The van der Waals surface area contributed by atoms with Crippen molar-refractivity contribution in [3.63, 3.8) is 0 Å². The van der Waals surface area contributed by atoms with E-state index >= 15 is 0 Å². The van der Waals surface area contributed by atoms with Crippen molar-refractivity contribution in [3.8, 4) is 0 Å². The molecular weight excluding hydrogens is 372 g/mol. The second-order valence-corrected chi connectivity index (χ2v) is 11.5. The summed E-state index contributed by atoms with van der Waals surface area (Å²) in [6.07, 6.45) is 3.64. The maximum Gasteiger partial charge on any atom is 0.330 e. The second kappa shape index (κ2) is 8.62. The molecule has 146 valence electrons. The number of hydrogen-bond acceptors (Lipinski definition) is 2. The summed E-state index contributed by atoms with van der Waals surface area (Å²) in [6, 6.07) is 31.3. The Morgan fingerprint density at radius 3 is 1.97 bits per heavy atom. The van der Waals surface area contributed by atoms with Crippen molar-refractivity contribution in [1.29, 1.82) is 0 Å². The Morgan fingerprint density at radius 1 is 0.828 bits per heavy atom. The predicted octanol–water partition coefficient (Wildman–Crippen LogP) is 4.01. The highest BCUT2D eigenvalue weighted by atomic mass is 28.3. The summed E-state index contributed by atoms with van der Waals surface area (Å²) >= 11 is 0. The van der Waals surface area contributed by atoms with Crippen molar-refractivity contribution in [2.45, 2.75) is 25.8 Å². The molecule has 0 unspecified atom stereocenters. The van der Waals surface area contributed by atoms with Gasteiger partial charge in [-0.2, -0.15) is 0 Å². The highest BCUT2D eigenvalue weighted by Crippen LogP contribution is 2.31. The van der Waals surface area contributed by atoms with Crippen molar-refractivity contribution >= 4 is 24.4 Å². The van der Waals surface area contributed by atoms with Crippen molar-refractivity contribution in [2.24, 2.45) is 0 Å². The Bertz CT molecular complexity index is 970. The zero-order valence-electron chi connectivity index (χ0n) is 16.8. The van der Waals surface area contributed by atoms with E-state index in [1.165, 1.54) is 26.7 Å². The summed E-state index contributed by atoms with van der Waals surface area (Å²) in [7, 11) is -2.40. The van der Waals surface area contributed by atoms with Gasteiger partial charge >= 0.3 is 5.97 Å². The van der Waals surface area contributed by atoms with Gasteiger partial charge in [-0.25, -0.2) is 4.79 Å². The Morgan fingerprint density at radius 2 is 1.38 bits per heavy atom. The first-order valence-electron chi connectivity index (χ1n) is 10.3. The van der Waals surface area contributed by atoms with Crippen LogP contribution in [0.15, 0.2) is 96.2 Å².